The van der Waals surface area contributed by atoms with E-state index in [1.165, 1.54) is 0 Å². The third kappa shape index (κ3) is 2.67. The predicted octanol–water partition coefficient (Wildman–Crippen LogP) is 3.12. The van der Waals surface area contributed by atoms with Gasteiger partial charge in [-0.15, -0.1) is 0 Å². The van der Waals surface area contributed by atoms with E-state index in [9.17, 15) is 10.1 Å². The van der Waals surface area contributed by atoms with Crippen LogP contribution < -0.4 is 5.32 Å². The van der Waals surface area contributed by atoms with Crippen LogP contribution >= 0.6 is 0 Å². The highest BCUT2D eigenvalue weighted by Gasteiger charge is 2.30. The molecule has 1 N–H and O–H groups in total. The Morgan fingerprint density at radius 1 is 1.38 bits per heavy atom. The Morgan fingerprint density at radius 3 is 2.90 bits per heavy atom. The van der Waals surface area contributed by atoms with E-state index in [4.69, 9.17) is 4.74 Å². The number of nitrogens with one attached hydrogen (secondary N) is 1. The van der Waals surface area contributed by atoms with Gasteiger partial charge in [0.15, 0.2) is 0 Å². The molecular weight excluding hydrogens is 270 g/mol. The molecule has 2 aromatic rings. The van der Waals surface area contributed by atoms with Crippen molar-refractivity contribution in [1.29, 1.82) is 0 Å². The normalized spacial score (nSPS) is 21.0. The van der Waals surface area contributed by atoms with Gasteiger partial charge < -0.3 is 10.1 Å². The lowest BCUT2D eigenvalue weighted by molar-refractivity contribution is -0.383. The van der Waals surface area contributed by atoms with Crippen molar-refractivity contribution >= 4 is 22.1 Å². The van der Waals surface area contributed by atoms with Crippen molar-refractivity contribution in [3.63, 3.8) is 0 Å². The fraction of sp³-hybridized carbons (Fsp3) is 0.400. The average molecular weight is 287 g/mol. The molecule has 1 saturated carbocycles. The molecule has 1 aromatic heterocycles. The van der Waals surface area contributed by atoms with Crippen molar-refractivity contribution in [2.24, 2.45) is 0 Å². The van der Waals surface area contributed by atoms with Gasteiger partial charge in [-0.3, -0.25) is 15.1 Å². The summed E-state index contributed by atoms with van der Waals surface area (Å²) in [5.41, 5.74) is 1.00. The molecule has 1 aromatic carbocycles. The van der Waals surface area contributed by atoms with Crippen molar-refractivity contribution in [3.8, 4) is 0 Å². The lowest BCUT2D eigenvalue weighted by Crippen LogP contribution is -2.40. The van der Waals surface area contributed by atoms with Crippen molar-refractivity contribution in [3.05, 3.63) is 40.7 Å². The number of nitrogens with zero attached hydrogens (tertiary/aromatic N) is 2. The number of hydrogen-bond acceptors (Lipinski definition) is 5. The summed E-state index contributed by atoms with van der Waals surface area (Å²) >= 11 is 0. The minimum atomic E-state index is -0.361. The van der Waals surface area contributed by atoms with Crippen LogP contribution in [-0.2, 0) is 4.74 Å². The SMILES string of the molecule is CCOC1CC(Nc2ccc([N+](=O)[O-])c3ccncc23)C1. The van der Waals surface area contributed by atoms with Gasteiger partial charge in [-0.25, -0.2) is 0 Å². The van der Waals surface area contributed by atoms with Gasteiger partial charge in [0, 0.05) is 42.2 Å². The maximum Gasteiger partial charge on any atom is 0.277 e. The fourth-order valence-electron chi connectivity index (χ4n) is 2.73. The maximum atomic E-state index is 11.1. The summed E-state index contributed by atoms with van der Waals surface area (Å²) in [6.45, 7) is 2.73. The summed E-state index contributed by atoms with van der Waals surface area (Å²) in [5, 5.41) is 15.9. The lowest BCUT2D eigenvalue weighted by Gasteiger charge is -2.36. The summed E-state index contributed by atoms with van der Waals surface area (Å²) in [4.78, 5) is 14.8. The molecule has 3 rings (SSSR count). The highest BCUT2D eigenvalue weighted by atomic mass is 16.6. The third-order valence-electron chi connectivity index (χ3n) is 3.85. The number of fused-ring (bicyclic) bond motifs is 1. The van der Waals surface area contributed by atoms with E-state index in [0.29, 0.717) is 17.5 Å². The first kappa shape index (κ1) is 13.8. The Bertz CT molecular complexity index is 668. The zero-order valence-corrected chi connectivity index (χ0v) is 11.8. The number of rotatable bonds is 5. The van der Waals surface area contributed by atoms with Gasteiger partial charge in [0.05, 0.1) is 16.4 Å². The van der Waals surface area contributed by atoms with Crippen LogP contribution in [0.15, 0.2) is 30.6 Å². The Morgan fingerprint density at radius 2 is 2.19 bits per heavy atom. The molecule has 1 aliphatic carbocycles. The molecule has 1 heterocycles. The number of benzene rings is 1. The second-order valence-corrected chi connectivity index (χ2v) is 5.20. The van der Waals surface area contributed by atoms with Gasteiger partial charge in [-0.1, -0.05) is 0 Å². The molecule has 0 bridgehead atoms. The molecule has 0 spiro atoms. The molecule has 6 nitrogen and oxygen atoms in total. The van der Waals surface area contributed by atoms with Crippen LogP contribution in [0.25, 0.3) is 10.8 Å². The molecule has 0 unspecified atom stereocenters. The molecule has 1 aliphatic rings. The zero-order valence-electron chi connectivity index (χ0n) is 11.8. The van der Waals surface area contributed by atoms with Gasteiger partial charge in [0.2, 0.25) is 0 Å². The number of nitro benzene ring substituents is 1. The van der Waals surface area contributed by atoms with Gasteiger partial charge in [0.25, 0.3) is 5.69 Å². The maximum absolute atomic E-state index is 11.1. The molecule has 0 atom stereocenters. The predicted molar refractivity (Wildman–Crippen MR) is 80.5 cm³/mol. The number of ether oxygens (including phenoxy) is 1. The molecule has 21 heavy (non-hydrogen) atoms. The van der Waals surface area contributed by atoms with E-state index in [-0.39, 0.29) is 10.6 Å². The number of nitro groups is 1. The molecule has 0 aliphatic heterocycles. The van der Waals surface area contributed by atoms with E-state index in [0.717, 1.165) is 30.5 Å². The molecule has 0 saturated heterocycles. The summed E-state index contributed by atoms with van der Waals surface area (Å²) in [6.07, 6.45) is 5.51. The van der Waals surface area contributed by atoms with Gasteiger partial charge in [-0.2, -0.15) is 0 Å². The van der Waals surface area contributed by atoms with Crippen molar-refractivity contribution in [1.82, 2.24) is 4.98 Å². The first-order chi connectivity index (χ1) is 10.2. The monoisotopic (exact) mass is 287 g/mol. The zero-order chi connectivity index (χ0) is 14.8. The number of pyridine rings is 1. The van der Waals surface area contributed by atoms with Crippen LogP contribution in [0.2, 0.25) is 0 Å². The minimum Gasteiger partial charge on any atom is -0.382 e. The number of non-ortho nitro benzene ring substituents is 1. The smallest absolute Gasteiger partial charge is 0.277 e. The third-order valence-corrected chi connectivity index (χ3v) is 3.85. The van der Waals surface area contributed by atoms with E-state index < -0.39 is 0 Å². The van der Waals surface area contributed by atoms with E-state index in [2.05, 4.69) is 10.3 Å². The Labute approximate surface area is 122 Å². The summed E-state index contributed by atoms with van der Waals surface area (Å²) < 4.78 is 5.54. The summed E-state index contributed by atoms with van der Waals surface area (Å²) in [6, 6.07) is 5.34. The second-order valence-electron chi connectivity index (χ2n) is 5.20. The standard InChI is InChI=1S/C15H17N3O3/c1-2-21-11-7-10(8-11)17-14-3-4-15(18(19)20)12-5-6-16-9-13(12)14/h3-6,9-11,17H,2,7-8H2,1H3. The molecule has 0 radical (unpaired) electrons. The van der Waals surface area contributed by atoms with Gasteiger partial charge in [0.1, 0.15) is 0 Å². The summed E-state index contributed by atoms with van der Waals surface area (Å²) in [5.74, 6) is 0. The van der Waals surface area contributed by atoms with Crippen molar-refractivity contribution < 1.29 is 9.66 Å². The summed E-state index contributed by atoms with van der Waals surface area (Å²) in [7, 11) is 0. The van der Waals surface area contributed by atoms with Crippen LogP contribution in [0.1, 0.15) is 19.8 Å². The van der Waals surface area contributed by atoms with Crippen LogP contribution in [-0.4, -0.2) is 28.7 Å². The van der Waals surface area contributed by atoms with Crippen molar-refractivity contribution in [2.45, 2.75) is 31.9 Å². The number of anilines is 1. The first-order valence-corrected chi connectivity index (χ1v) is 7.08. The van der Waals surface area contributed by atoms with E-state index in [1.807, 2.05) is 6.92 Å². The van der Waals surface area contributed by atoms with Crippen molar-refractivity contribution in [2.75, 3.05) is 11.9 Å². The largest absolute Gasteiger partial charge is 0.382 e. The van der Waals surface area contributed by atoms with Gasteiger partial charge in [-0.05, 0) is 31.9 Å². The molecule has 0 amide bonds. The highest BCUT2D eigenvalue weighted by molar-refractivity contribution is 5.99. The van der Waals surface area contributed by atoms with E-state index in [1.54, 1.807) is 30.6 Å². The lowest BCUT2D eigenvalue weighted by atomic mass is 9.89. The topological polar surface area (TPSA) is 77.3 Å². The van der Waals surface area contributed by atoms with E-state index >= 15 is 0 Å². The second kappa shape index (κ2) is 5.65. The minimum absolute atomic E-state index is 0.110. The Kier molecular flexibility index (Phi) is 3.70. The quantitative estimate of drug-likeness (QED) is 0.675. The average Bonchev–Trinajstić information content (AvgIpc) is 2.45. The Hall–Kier alpha value is -2.21. The van der Waals surface area contributed by atoms with Crippen LogP contribution in [0.3, 0.4) is 0 Å². The molecule has 110 valence electrons. The van der Waals surface area contributed by atoms with Crippen LogP contribution in [0, 0.1) is 10.1 Å². The van der Waals surface area contributed by atoms with Gasteiger partial charge >= 0.3 is 0 Å². The highest BCUT2D eigenvalue weighted by Crippen LogP contribution is 2.33. The first-order valence-electron chi connectivity index (χ1n) is 7.08. The number of aromatic nitrogens is 1. The fourth-order valence-corrected chi connectivity index (χ4v) is 2.73. The molecular formula is C15H17N3O3. The van der Waals surface area contributed by atoms with Crippen LogP contribution in [0.5, 0.6) is 0 Å². The number of hydrogen-bond donors (Lipinski definition) is 1. The molecule has 1 fully saturated rings. The molecule has 6 heteroatoms. The Balaban J connectivity index is 1.84. The van der Waals surface area contributed by atoms with Crippen LogP contribution in [0.4, 0.5) is 11.4 Å².